The highest BCUT2D eigenvalue weighted by atomic mass is 35.5. The van der Waals surface area contributed by atoms with Gasteiger partial charge in [0.2, 0.25) is 5.91 Å². The number of anilines is 1. The Balaban J connectivity index is 1.61. The summed E-state index contributed by atoms with van der Waals surface area (Å²) in [5.41, 5.74) is 2.83. The zero-order valence-corrected chi connectivity index (χ0v) is 17.9. The normalized spacial score (nSPS) is 11.3. The third-order valence-electron chi connectivity index (χ3n) is 4.60. The van der Waals surface area contributed by atoms with Crippen LogP contribution in [-0.2, 0) is 14.3 Å². The Hall–Kier alpha value is -3.68. The van der Waals surface area contributed by atoms with E-state index in [9.17, 15) is 19.5 Å². The zero-order chi connectivity index (χ0) is 23.1. The maximum atomic E-state index is 12.3. The SMILES string of the molecule is COC(=O)c1cccc(-c2cccc(NC(=O)CNC(=O)[C@H](O)c3cccc(Cl)c3)c2)c1. The van der Waals surface area contributed by atoms with E-state index in [1.54, 1.807) is 54.6 Å². The van der Waals surface area contributed by atoms with E-state index in [1.807, 2.05) is 12.1 Å². The molecule has 0 unspecified atom stereocenters. The molecule has 0 saturated carbocycles. The summed E-state index contributed by atoms with van der Waals surface area (Å²) in [6.45, 7) is -0.321. The van der Waals surface area contributed by atoms with Crippen LogP contribution in [0.15, 0.2) is 72.8 Å². The maximum Gasteiger partial charge on any atom is 0.337 e. The van der Waals surface area contributed by atoms with Crippen molar-refractivity contribution in [3.8, 4) is 11.1 Å². The van der Waals surface area contributed by atoms with Crippen LogP contribution in [0.25, 0.3) is 11.1 Å². The summed E-state index contributed by atoms with van der Waals surface area (Å²) in [6, 6.07) is 20.3. The fourth-order valence-corrected chi connectivity index (χ4v) is 3.22. The molecule has 0 heterocycles. The Morgan fingerprint density at radius 1 is 0.969 bits per heavy atom. The summed E-state index contributed by atoms with van der Waals surface area (Å²) >= 11 is 5.87. The van der Waals surface area contributed by atoms with E-state index >= 15 is 0 Å². The number of ether oxygens (including phenoxy) is 1. The molecule has 0 bridgehead atoms. The molecule has 0 saturated heterocycles. The van der Waals surface area contributed by atoms with Crippen LogP contribution in [0.1, 0.15) is 22.0 Å². The molecule has 1 atom stereocenters. The van der Waals surface area contributed by atoms with Gasteiger partial charge in [0.05, 0.1) is 19.2 Å². The first-order valence-electron chi connectivity index (χ1n) is 9.67. The van der Waals surface area contributed by atoms with E-state index in [0.29, 0.717) is 21.8 Å². The van der Waals surface area contributed by atoms with Gasteiger partial charge in [0, 0.05) is 10.7 Å². The Morgan fingerprint density at radius 3 is 2.38 bits per heavy atom. The van der Waals surface area contributed by atoms with Gasteiger partial charge in [-0.2, -0.15) is 0 Å². The van der Waals surface area contributed by atoms with E-state index < -0.39 is 23.9 Å². The van der Waals surface area contributed by atoms with Gasteiger partial charge in [-0.05, 0) is 53.1 Å². The Kier molecular flexibility index (Phi) is 7.59. The lowest BCUT2D eigenvalue weighted by Crippen LogP contribution is -2.36. The standard InChI is InChI=1S/C24H21ClN2O5/c1-32-24(31)18-8-2-5-15(11-18)16-6-4-10-20(13-16)27-21(28)14-26-23(30)22(29)17-7-3-9-19(25)12-17/h2-13,22,29H,14H2,1H3,(H,26,30)(H,27,28)/t22-/m1/s1. The molecule has 0 radical (unpaired) electrons. The van der Waals surface area contributed by atoms with Crippen LogP contribution in [0.5, 0.6) is 0 Å². The van der Waals surface area contributed by atoms with Crippen LogP contribution >= 0.6 is 11.6 Å². The fraction of sp³-hybridized carbons (Fsp3) is 0.125. The van der Waals surface area contributed by atoms with Crippen molar-refractivity contribution in [3.63, 3.8) is 0 Å². The van der Waals surface area contributed by atoms with Crippen LogP contribution in [0.2, 0.25) is 5.02 Å². The molecule has 3 aromatic carbocycles. The number of benzene rings is 3. The number of halogens is 1. The Labute approximate surface area is 190 Å². The van der Waals surface area contributed by atoms with E-state index in [1.165, 1.54) is 13.2 Å². The summed E-state index contributed by atoms with van der Waals surface area (Å²) in [7, 11) is 1.32. The van der Waals surface area contributed by atoms with Crippen LogP contribution < -0.4 is 10.6 Å². The van der Waals surface area contributed by atoms with E-state index in [0.717, 1.165) is 11.1 Å². The van der Waals surface area contributed by atoms with Gasteiger partial charge in [-0.1, -0.05) is 48.0 Å². The molecule has 7 nitrogen and oxygen atoms in total. The molecular weight excluding hydrogens is 432 g/mol. The second kappa shape index (κ2) is 10.6. The van der Waals surface area contributed by atoms with Gasteiger partial charge in [-0.25, -0.2) is 4.79 Å². The Bertz CT molecular complexity index is 1150. The summed E-state index contributed by atoms with van der Waals surface area (Å²) in [5.74, 6) is -1.61. The molecule has 0 fully saturated rings. The van der Waals surface area contributed by atoms with Gasteiger partial charge in [0.25, 0.3) is 5.91 Å². The number of aliphatic hydroxyl groups excluding tert-OH is 1. The Morgan fingerprint density at radius 2 is 1.66 bits per heavy atom. The highest BCUT2D eigenvalue weighted by molar-refractivity contribution is 6.30. The lowest BCUT2D eigenvalue weighted by molar-refractivity contribution is -0.131. The minimum absolute atomic E-state index is 0.321. The highest BCUT2D eigenvalue weighted by Crippen LogP contribution is 2.24. The van der Waals surface area contributed by atoms with Gasteiger partial charge in [0.15, 0.2) is 6.10 Å². The molecule has 164 valence electrons. The third kappa shape index (κ3) is 5.94. The fourth-order valence-electron chi connectivity index (χ4n) is 3.02. The first-order chi connectivity index (χ1) is 15.4. The van der Waals surface area contributed by atoms with Gasteiger partial charge >= 0.3 is 5.97 Å². The quantitative estimate of drug-likeness (QED) is 0.475. The number of carbonyl (C=O) groups is 3. The van der Waals surface area contributed by atoms with Crippen molar-refractivity contribution in [1.82, 2.24) is 5.32 Å². The summed E-state index contributed by atoms with van der Waals surface area (Å²) < 4.78 is 4.75. The predicted octanol–water partition coefficient (Wildman–Crippen LogP) is 3.58. The molecule has 0 aromatic heterocycles. The summed E-state index contributed by atoms with van der Waals surface area (Å²) in [6.07, 6.45) is -1.44. The number of carbonyl (C=O) groups excluding carboxylic acids is 3. The number of hydrogen-bond donors (Lipinski definition) is 3. The zero-order valence-electron chi connectivity index (χ0n) is 17.2. The van der Waals surface area contributed by atoms with Crippen molar-refractivity contribution in [2.75, 3.05) is 19.0 Å². The number of nitrogens with one attached hydrogen (secondary N) is 2. The molecule has 3 N–H and O–H groups in total. The molecule has 0 spiro atoms. The topological polar surface area (TPSA) is 105 Å². The number of methoxy groups -OCH3 is 1. The molecule has 0 aliphatic rings. The van der Waals surface area contributed by atoms with Crippen molar-refractivity contribution in [2.24, 2.45) is 0 Å². The van der Waals surface area contributed by atoms with Crippen LogP contribution in [0.3, 0.4) is 0 Å². The van der Waals surface area contributed by atoms with E-state index in [-0.39, 0.29) is 6.54 Å². The minimum Gasteiger partial charge on any atom is -0.465 e. The lowest BCUT2D eigenvalue weighted by atomic mass is 10.0. The number of hydrogen-bond acceptors (Lipinski definition) is 5. The van der Waals surface area contributed by atoms with Crippen molar-refractivity contribution >= 4 is 35.1 Å². The number of aliphatic hydroxyl groups is 1. The largest absolute Gasteiger partial charge is 0.465 e. The highest BCUT2D eigenvalue weighted by Gasteiger charge is 2.18. The molecule has 3 rings (SSSR count). The molecule has 0 aliphatic carbocycles. The summed E-state index contributed by atoms with van der Waals surface area (Å²) in [5, 5.41) is 15.6. The molecule has 8 heteroatoms. The van der Waals surface area contributed by atoms with Gasteiger partial charge < -0.3 is 20.5 Å². The number of amides is 2. The monoisotopic (exact) mass is 452 g/mol. The minimum atomic E-state index is -1.44. The summed E-state index contributed by atoms with van der Waals surface area (Å²) in [4.78, 5) is 36.2. The molecule has 32 heavy (non-hydrogen) atoms. The van der Waals surface area contributed by atoms with E-state index in [2.05, 4.69) is 10.6 Å². The van der Waals surface area contributed by atoms with Gasteiger partial charge in [0.1, 0.15) is 0 Å². The van der Waals surface area contributed by atoms with Crippen molar-refractivity contribution < 1.29 is 24.2 Å². The van der Waals surface area contributed by atoms with Crippen LogP contribution in [-0.4, -0.2) is 36.5 Å². The lowest BCUT2D eigenvalue weighted by Gasteiger charge is -2.12. The smallest absolute Gasteiger partial charge is 0.337 e. The van der Waals surface area contributed by atoms with Crippen LogP contribution in [0, 0.1) is 0 Å². The van der Waals surface area contributed by atoms with E-state index in [4.69, 9.17) is 16.3 Å². The average Bonchev–Trinajstić information content (AvgIpc) is 2.81. The number of rotatable bonds is 7. The molecule has 2 amide bonds. The first-order valence-corrected chi connectivity index (χ1v) is 10.0. The van der Waals surface area contributed by atoms with Crippen LogP contribution in [0.4, 0.5) is 5.69 Å². The maximum absolute atomic E-state index is 12.3. The predicted molar refractivity (Wildman–Crippen MR) is 121 cm³/mol. The van der Waals surface area contributed by atoms with Gasteiger partial charge in [-0.3, -0.25) is 9.59 Å². The molecule has 3 aromatic rings. The second-order valence-electron chi connectivity index (χ2n) is 6.88. The van der Waals surface area contributed by atoms with Crippen molar-refractivity contribution in [3.05, 3.63) is 88.9 Å². The second-order valence-corrected chi connectivity index (χ2v) is 7.31. The average molecular weight is 453 g/mol. The number of esters is 1. The van der Waals surface area contributed by atoms with Gasteiger partial charge in [-0.15, -0.1) is 0 Å². The first kappa shape index (κ1) is 23.0. The van der Waals surface area contributed by atoms with Crippen molar-refractivity contribution in [1.29, 1.82) is 0 Å². The molecule has 0 aliphatic heterocycles. The third-order valence-corrected chi connectivity index (χ3v) is 4.83. The van der Waals surface area contributed by atoms with Crippen molar-refractivity contribution in [2.45, 2.75) is 6.10 Å². The molecular formula is C24H21ClN2O5.